The zero-order chi connectivity index (χ0) is 12.8. The molecule has 0 aromatic carbocycles. The van der Waals surface area contributed by atoms with E-state index in [-0.39, 0.29) is 0 Å². The smallest absolute Gasteiger partial charge is 0.0406 e. The van der Waals surface area contributed by atoms with Crippen LogP contribution in [0.15, 0.2) is 17.6 Å². The fourth-order valence-corrected chi connectivity index (χ4v) is 4.09. The number of unbranched alkanes of at least 4 members (excludes halogenated alkanes) is 4. The second-order valence-electron chi connectivity index (χ2n) is 4.88. The van der Waals surface area contributed by atoms with E-state index in [0.717, 1.165) is 6.54 Å². The third-order valence-corrected chi connectivity index (χ3v) is 6.61. The molecule has 0 heterocycles. The van der Waals surface area contributed by atoms with Crippen LogP contribution in [0.5, 0.6) is 0 Å². The van der Waals surface area contributed by atoms with Crippen molar-refractivity contribution in [3.63, 3.8) is 0 Å². The molecule has 1 nitrogen and oxygen atoms in total. The standard InChI is InChI=1S/C15H31NSi/c1-4-7-8-9-10-12-16-13-11-15-17(6-3)14-5-2/h5,13,17H,2,4,6-12,14-15H2,1,3H3. The molecule has 17 heavy (non-hydrogen) atoms. The number of hydrogen-bond donors (Lipinski definition) is 0. The van der Waals surface area contributed by atoms with Crippen LogP contribution in [0.2, 0.25) is 18.1 Å². The van der Waals surface area contributed by atoms with Gasteiger partial charge in [-0.05, 0) is 25.1 Å². The van der Waals surface area contributed by atoms with Crippen molar-refractivity contribution in [1.29, 1.82) is 0 Å². The van der Waals surface area contributed by atoms with Crippen LogP contribution in [0.4, 0.5) is 0 Å². The zero-order valence-corrected chi connectivity index (χ0v) is 13.1. The Balaban J connectivity index is 3.31. The lowest BCUT2D eigenvalue weighted by molar-refractivity contribution is 0.639. The molecule has 0 aliphatic heterocycles. The lowest BCUT2D eigenvalue weighted by Crippen LogP contribution is -2.08. The van der Waals surface area contributed by atoms with Crippen molar-refractivity contribution >= 4 is 15.0 Å². The highest BCUT2D eigenvalue weighted by molar-refractivity contribution is 6.59. The summed E-state index contributed by atoms with van der Waals surface area (Å²) in [5.74, 6) is 0. The molecular weight excluding hydrogens is 222 g/mol. The van der Waals surface area contributed by atoms with Crippen molar-refractivity contribution in [1.82, 2.24) is 0 Å². The summed E-state index contributed by atoms with van der Waals surface area (Å²) in [4.78, 5) is 4.51. The van der Waals surface area contributed by atoms with Gasteiger partial charge in [0, 0.05) is 15.3 Å². The zero-order valence-electron chi connectivity index (χ0n) is 12.0. The number of hydrogen-bond acceptors (Lipinski definition) is 1. The largest absolute Gasteiger partial charge is 0.298 e. The Bertz CT molecular complexity index is 189. The lowest BCUT2D eigenvalue weighted by Gasteiger charge is -2.07. The van der Waals surface area contributed by atoms with Gasteiger partial charge in [-0.2, -0.15) is 0 Å². The fraction of sp³-hybridized carbons (Fsp3) is 0.800. The molecule has 0 spiro atoms. The fourth-order valence-electron chi connectivity index (χ4n) is 2.02. The van der Waals surface area contributed by atoms with Crippen molar-refractivity contribution in [3.05, 3.63) is 12.7 Å². The molecule has 0 bridgehead atoms. The van der Waals surface area contributed by atoms with E-state index in [4.69, 9.17) is 0 Å². The second-order valence-corrected chi connectivity index (χ2v) is 8.48. The van der Waals surface area contributed by atoms with Gasteiger partial charge in [-0.3, -0.25) is 4.99 Å². The van der Waals surface area contributed by atoms with Gasteiger partial charge in [-0.1, -0.05) is 57.7 Å². The maximum atomic E-state index is 4.51. The van der Waals surface area contributed by atoms with Gasteiger partial charge in [0.05, 0.1) is 0 Å². The van der Waals surface area contributed by atoms with Gasteiger partial charge in [0.15, 0.2) is 0 Å². The Morgan fingerprint density at radius 2 is 1.88 bits per heavy atom. The van der Waals surface area contributed by atoms with Crippen LogP contribution < -0.4 is 0 Å². The Morgan fingerprint density at radius 3 is 2.53 bits per heavy atom. The summed E-state index contributed by atoms with van der Waals surface area (Å²) >= 11 is 0. The first-order valence-electron chi connectivity index (χ1n) is 7.44. The quantitative estimate of drug-likeness (QED) is 0.204. The summed E-state index contributed by atoms with van der Waals surface area (Å²) in [5.41, 5.74) is 0. The van der Waals surface area contributed by atoms with Gasteiger partial charge >= 0.3 is 0 Å². The molecule has 0 fully saturated rings. The molecule has 0 aromatic rings. The van der Waals surface area contributed by atoms with E-state index in [2.05, 4.69) is 37.7 Å². The molecule has 2 heteroatoms. The van der Waals surface area contributed by atoms with Crippen molar-refractivity contribution in [2.75, 3.05) is 6.54 Å². The van der Waals surface area contributed by atoms with E-state index in [9.17, 15) is 0 Å². The summed E-state index contributed by atoms with van der Waals surface area (Å²) in [6, 6.07) is 4.10. The molecule has 0 rings (SSSR count). The van der Waals surface area contributed by atoms with Gasteiger partial charge in [-0.25, -0.2) is 0 Å². The first kappa shape index (κ1) is 16.6. The maximum Gasteiger partial charge on any atom is 0.0406 e. The van der Waals surface area contributed by atoms with Crippen LogP contribution in [-0.4, -0.2) is 21.6 Å². The minimum atomic E-state index is -0.497. The molecule has 0 saturated heterocycles. The van der Waals surface area contributed by atoms with Crippen LogP contribution >= 0.6 is 0 Å². The predicted molar refractivity (Wildman–Crippen MR) is 84.2 cm³/mol. The Hall–Kier alpha value is -0.373. The number of rotatable bonds is 12. The average Bonchev–Trinajstić information content (AvgIpc) is 2.35. The highest BCUT2D eigenvalue weighted by Crippen LogP contribution is 2.07. The van der Waals surface area contributed by atoms with E-state index in [1.165, 1.54) is 56.7 Å². The van der Waals surface area contributed by atoms with Crippen LogP contribution in [0, 0.1) is 0 Å². The molecule has 0 N–H and O–H groups in total. The minimum Gasteiger partial charge on any atom is -0.298 e. The topological polar surface area (TPSA) is 12.4 Å². The number of nitrogens with zero attached hydrogens (tertiary/aromatic N) is 1. The van der Waals surface area contributed by atoms with Crippen molar-refractivity contribution in [2.24, 2.45) is 4.99 Å². The molecule has 0 saturated carbocycles. The van der Waals surface area contributed by atoms with Gasteiger partial charge in [0.2, 0.25) is 0 Å². The third-order valence-electron chi connectivity index (χ3n) is 3.30. The van der Waals surface area contributed by atoms with Crippen LogP contribution in [0.25, 0.3) is 0 Å². The molecule has 0 aromatic heterocycles. The molecule has 1 atom stereocenters. The number of aliphatic imine (C=N–C) groups is 1. The van der Waals surface area contributed by atoms with E-state index < -0.39 is 8.80 Å². The Kier molecular flexibility index (Phi) is 13.4. The van der Waals surface area contributed by atoms with E-state index >= 15 is 0 Å². The normalized spacial score (nSPS) is 13.1. The van der Waals surface area contributed by atoms with Crippen LogP contribution in [0.1, 0.15) is 52.4 Å². The maximum absolute atomic E-state index is 4.51. The summed E-state index contributed by atoms with van der Waals surface area (Å²) in [6.07, 6.45) is 12.2. The van der Waals surface area contributed by atoms with Gasteiger partial charge in [0.1, 0.15) is 0 Å². The van der Waals surface area contributed by atoms with E-state index in [1.807, 2.05) is 0 Å². The highest BCUT2D eigenvalue weighted by atomic mass is 28.3. The van der Waals surface area contributed by atoms with Gasteiger partial charge < -0.3 is 0 Å². The van der Waals surface area contributed by atoms with Crippen molar-refractivity contribution in [2.45, 2.75) is 70.5 Å². The van der Waals surface area contributed by atoms with Crippen LogP contribution in [-0.2, 0) is 0 Å². The second kappa shape index (κ2) is 13.7. The molecule has 0 aliphatic rings. The molecule has 0 radical (unpaired) electrons. The summed E-state index contributed by atoms with van der Waals surface area (Å²) in [6.45, 7) is 9.47. The minimum absolute atomic E-state index is 0.497. The predicted octanol–water partition coefficient (Wildman–Crippen LogP) is 4.85. The Morgan fingerprint density at radius 1 is 1.12 bits per heavy atom. The van der Waals surface area contributed by atoms with E-state index in [0.29, 0.717) is 0 Å². The van der Waals surface area contributed by atoms with Gasteiger partial charge in [-0.15, -0.1) is 6.58 Å². The van der Waals surface area contributed by atoms with Crippen LogP contribution in [0.3, 0.4) is 0 Å². The highest BCUT2D eigenvalue weighted by Gasteiger charge is 2.03. The lowest BCUT2D eigenvalue weighted by atomic mass is 10.2. The summed E-state index contributed by atoms with van der Waals surface area (Å²) < 4.78 is 0. The summed E-state index contributed by atoms with van der Waals surface area (Å²) in [7, 11) is -0.497. The molecule has 0 aliphatic carbocycles. The molecule has 1 unspecified atom stereocenters. The molecule has 0 amide bonds. The average molecular weight is 254 g/mol. The first-order valence-corrected chi connectivity index (χ1v) is 9.89. The monoisotopic (exact) mass is 253 g/mol. The van der Waals surface area contributed by atoms with E-state index in [1.54, 1.807) is 0 Å². The molecular formula is C15H31NSi. The molecule has 100 valence electrons. The van der Waals surface area contributed by atoms with Crippen molar-refractivity contribution < 1.29 is 0 Å². The SMILES string of the molecule is C=CC[SiH](CC)CCC=NCCCCCCC. The third kappa shape index (κ3) is 11.9. The van der Waals surface area contributed by atoms with Crippen molar-refractivity contribution in [3.8, 4) is 0 Å². The number of allylic oxidation sites excluding steroid dienone is 1. The Labute approximate surface area is 110 Å². The summed E-state index contributed by atoms with van der Waals surface area (Å²) in [5, 5.41) is 0. The van der Waals surface area contributed by atoms with Gasteiger partial charge in [0.25, 0.3) is 0 Å². The first-order chi connectivity index (χ1) is 8.35.